The highest BCUT2D eigenvalue weighted by molar-refractivity contribution is 7.89. The van der Waals surface area contributed by atoms with Gasteiger partial charge in [-0.3, -0.25) is 0 Å². The van der Waals surface area contributed by atoms with E-state index in [1.165, 1.54) is 0 Å². The first-order valence-corrected chi connectivity index (χ1v) is 8.31. The lowest BCUT2D eigenvalue weighted by molar-refractivity contribution is 0.560. The van der Waals surface area contributed by atoms with Gasteiger partial charge < -0.3 is 5.73 Å². The number of sulfonamides is 1. The minimum atomic E-state index is -3.53. The van der Waals surface area contributed by atoms with E-state index in [1.807, 2.05) is 26.0 Å². The molecule has 0 saturated heterocycles. The Morgan fingerprint density at radius 1 is 1.19 bits per heavy atom. The molecule has 0 radical (unpaired) electrons. The Morgan fingerprint density at radius 3 is 1.95 bits per heavy atom. The fraction of sp³-hybridized carbons (Fsp3) is 0.600. The summed E-state index contributed by atoms with van der Waals surface area (Å²) in [6, 6.07) is 3.63. The van der Waals surface area contributed by atoms with Gasteiger partial charge in [-0.15, -0.1) is 12.4 Å². The monoisotopic (exact) mass is 334 g/mol. The van der Waals surface area contributed by atoms with Crippen molar-refractivity contribution in [3.63, 3.8) is 0 Å². The van der Waals surface area contributed by atoms with Crippen molar-refractivity contribution in [1.29, 1.82) is 0 Å². The van der Waals surface area contributed by atoms with Crippen LogP contribution in [0.25, 0.3) is 0 Å². The molecule has 0 saturated carbocycles. The van der Waals surface area contributed by atoms with Crippen LogP contribution in [0, 0.1) is 13.8 Å². The van der Waals surface area contributed by atoms with Gasteiger partial charge in [0.25, 0.3) is 0 Å². The zero-order chi connectivity index (χ0) is 15.7. The largest absolute Gasteiger partial charge is 0.329 e. The van der Waals surface area contributed by atoms with Gasteiger partial charge in [0.2, 0.25) is 10.0 Å². The van der Waals surface area contributed by atoms with E-state index in [-0.39, 0.29) is 30.4 Å². The van der Waals surface area contributed by atoms with Gasteiger partial charge in [-0.05, 0) is 42.9 Å². The van der Waals surface area contributed by atoms with Crippen molar-refractivity contribution in [2.24, 2.45) is 5.73 Å². The van der Waals surface area contributed by atoms with E-state index < -0.39 is 10.0 Å². The number of nitrogens with two attached hydrogens (primary N) is 1. The zero-order valence-electron chi connectivity index (χ0n) is 13.6. The summed E-state index contributed by atoms with van der Waals surface area (Å²) in [5.74, 6) is 0. The highest BCUT2D eigenvalue weighted by Crippen LogP contribution is 2.29. The average molecular weight is 335 g/mol. The normalized spacial score (nSPS) is 13.7. The summed E-state index contributed by atoms with van der Waals surface area (Å²) < 4.78 is 27.5. The summed E-state index contributed by atoms with van der Waals surface area (Å²) in [6.45, 7) is 12.1. The fourth-order valence-corrected chi connectivity index (χ4v) is 3.89. The molecule has 1 aromatic rings. The number of benzene rings is 1. The van der Waals surface area contributed by atoms with Gasteiger partial charge in [0.1, 0.15) is 0 Å². The SMILES string of the molecule is Cc1cc(C(C)(C)C)cc(C)c1S(=O)(=O)N[C@@H](C)CN.Cl. The molecule has 0 aliphatic heterocycles. The molecule has 0 amide bonds. The van der Waals surface area contributed by atoms with Crippen LogP contribution in [-0.2, 0) is 15.4 Å². The van der Waals surface area contributed by atoms with Crippen LogP contribution in [0.5, 0.6) is 0 Å². The highest BCUT2D eigenvalue weighted by Gasteiger charge is 2.24. The van der Waals surface area contributed by atoms with Crippen molar-refractivity contribution in [3.8, 4) is 0 Å². The zero-order valence-corrected chi connectivity index (χ0v) is 15.3. The summed E-state index contributed by atoms with van der Waals surface area (Å²) in [5.41, 5.74) is 8.16. The van der Waals surface area contributed by atoms with Crippen molar-refractivity contribution in [1.82, 2.24) is 4.72 Å². The molecule has 0 bridgehead atoms. The van der Waals surface area contributed by atoms with Crippen molar-refractivity contribution < 1.29 is 8.42 Å². The molecular weight excluding hydrogens is 308 g/mol. The summed E-state index contributed by atoms with van der Waals surface area (Å²) in [5, 5.41) is 0. The maximum absolute atomic E-state index is 12.4. The molecule has 1 rings (SSSR count). The van der Waals surface area contributed by atoms with Crippen molar-refractivity contribution in [3.05, 3.63) is 28.8 Å². The van der Waals surface area contributed by atoms with E-state index in [9.17, 15) is 8.42 Å². The van der Waals surface area contributed by atoms with Crippen molar-refractivity contribution in [2.75, 3.05) is 6.54 Å². The van der Waals surface area contributed by atoms with E-state index in [0.29, 0.717) is 4.90 Å². The Hall–Kier alpha value is -0.620. The van der Waals surface area contributed by atoms with E-state index in [1.54, 1.807) is 6.92 Å². The van der Waals surface area contributed by atoms with E-state index >= 15 is 0 Å². The first-order valence-electron chi connectivity index (χ1n) is 6.83. The molecule has 0 aromatic heterocycles. The minimum absolute atomic E-state index is 0. The summed E-state index contributed by atoms with van der Waals surface area (Å²) in [4.78, 5) is 0.366. The Labute approximate surface area is 135 Å². The average Bonchev–Trinajstić information content (AvgIpc) is 2.25. The number of hydrogen-bond donors (Lipinski definition) is 2. The van der Waals surface area contributed by atoms with Gasteiger partial charge >= 0.3 is 0 Å². The van der Waals surface area contributed by atoms with E-state index in [4.69, 9.17) is 5.73 Å². The Morgan fingerprint density at radius 2 is 1.62 bits per heavy atom. The molecular formula is C15H27ClN2O2S. The standard InChI is InChI=1S/C15H26N2O2S.ClH/c1-10-7-13(15(4,5)6)8-11(2)14(10)20(18,19)17-12(3)9-16;/h7-8,12,17H,9,16H2,1-6H3;1H/t12-;/m0./s1. The fourth-order valence-electron chi connectivity index (χ4n) is 2.18. The molecule has 3 N–H and O–H groups in total. The number of rotatable bonds is 4. The van der Waals surface area contributed by atoms with E-state index in [2.05, 4.69) is 25.5 Å². The molecule has 0 heterocycles. The van der Waals surface area contributed by atoms with Gasteiger partial charge in [0, 0.05) is 12.6 Å². The summed E-state index contributed by atoms with van der Waals surface area (Å²) in [6.07, 6.45) is 0. The second-order valence-electron chi connectivity index (χ2n) is 6.45. The molecule has 4 nitrogen and oxygen atoms in total. The molecule has 122 valence electrons. The van der Waals surface area contributed by atoms with Gasteiger partial charge in [-0.1, -0.05) is 32.9 Å². The quantitative estimate of drug-likeness (QED) is 0.889. The number of nitrogens with one attached hydrogen (secondary N) is 1. The number of halogens is 1. The van der Waals surface area contributed by atoms with Crippen molar-refractivity contribution in [2.45, 2.75) is 57.9 Å². The topological polar surface area (TPSA) is 72.2 Å². The predicted molar refractivity (Wildman–Crippen MR) is 90.7 cm³/mol. The van der Waals surface area contributed by atoms with Gasteiger partial charge in [-0.25, -0.2) is 13.1 Å². The second-order valence-corrected chi connectivity index (χ2v) is 8.10. The lowest BCUT2D eigenvalue weighted by Crippen LogP contribution is -2.38. The minimum Gasteiger partial charge on any atom is -0.329 e. The van der Waals surface area contributed by atoms with Crippen LogP contribution >= 0.6 is 12.4 Å². The maximum Gasteiger partial charge on any atom is 0.241 e. The third-order valence-electron chi connectivity index (χ3n) is 3.30. The van der Waals surface area contributed by atoms with Gasteiger partial charge in [0.15, 0.2) is 0 Å². The molecule has 0 aliphatic rings. The highest BCUT2D eigenvalue weighted by atomic mass is 35.5. The summed E-state index contributed by atoms with van der Waals surface area (Å²) in [7, 11) is -3.53. The van der Waals surface area contributed by atoms with E-state index in [0.717, 1.165) is 16.7 Å². The van der Waals surface area contributed by atoms with Gasteiger partial charge in [-0.2, -0.15) is 0 Å². The second kappa shape index (κ2) is 7.09. The Kier molecular flexibility index (Phi) is 6.88. The van der Waals surface area contributed by atoms with Crippen LogP contribution in [0.4, 0.5) is 0 Å². The molecule has 1 aromatic carbocycles. The lowest BCUT2D eigenvalue weighted by atomic mass is 9.85. The lowest BCUT2D eigenvalue weighted by Gasteiger charge is -2.23. The molecule has 0 aliphatic carbocycles. The third-order valence-corrected chi connectivity index (χ3v) is 5.20. The molecule has 0 spiro atoms. The molecule has 21 heavy (non-hydrogen) atoms. The first kappa shape index (κ1) is 20.4. The van der Waals surface area contributed by atoms with Crippen LogP contribution < -0.4 is 10.5 Å². The smallest absolute Gasteiger partial charge is 0.241 e. The van der Waals surface area contributed by atoms with Crippen LogP contribution in [0.3, 0.4) is 0 Å². The molecule has 0 unspecified atom stereocenters. The van der Waals surface area contributed by atoms with Crippen LogP contribution in [0.1, 0.15) is 44.4 Å². The first-order chi connectivity index (χ1) is 8.99. The Balaban J connectivity index is 0.00000400. The van der Waals surface area contributed by atoms with Crippen molar-refractivity contribution >= 4 is 22.4 Å². The predicted octanol–water partition coefficient (Wildman–Crippen LogP) is 2.65. The number of hydrogen-bond acceptors (Lipinski definition) is 3. The molecule has 0 fully saturated rings. The maximum atomic E-state index is 12.4. The van der Waals surface area contributed by atoms with Crippen LogP contribution in [-0.4, -0.2) is 21.0 Å². The molecule has 6 heteroatoms. The summed E-state index contributed by atoms with van der Waals surface area (Å²) >= 11 is 0. The van der Waals surface area contributed by atoms with Gasteiger partial charge in [0.05, 0.1) is 4.90 Å². The Bertz CT molecular complexity index is 569. The molecule has 1 atom stereocenters. The van der Waals surface area contributed by atoms with Crippen LogP contribution in [0.2, 0.25) is 0 Å². The van der Waals surface area contributed by atoms with Crippen LogP contribution in [0.15, 0.2) is 17.0 Å². The third kappa shape index (κ3) is 4.95. The number of aryl methyl sites for hydroxylation is 2.